The molecule has 2 aromatic carbocycles. The molecule has 1 amide bonds. The third-order valence-corrected chi connectivity index (χ3v) is 6.39. The van der Waals surface area contributed by atoms with Crippen LogP contribution in [-0.2, 0) is 21.2 Å². The van der Waals surface area contributed by atoms with E-state index in [4.69, 9.17) is 0 Å². The molecule has 0 saturated carbocycles. The predicted octanol–water partition coefficient (Wildman–Crippen LogP) is 3.29. The summed E-state index contributed by atoms with van der Waals surface area (Å²) in [5, 5.41) is 9.22. The minimum Gasteiger partial charge on any atom is -0.384 e. The van der Waals surface area contributed by atoms with Crippen molar-refractivity contribution in [2.75, 3.05) is 43.1 Å². The molecule has 0 aliphatic carbocycles. The molecule has 3 N–H and O–H groups in total. The van der Waals surface area contributed by atoms with Crippen molar-refractivity contribution < 1.29 is 13.2 Å². The van der Waals surface area contributed by atoms with Gasteiger partial charge in [0.1, 0.15) is 0 Å². The molecule has 0 aliphatic rings. The van der Waals surface area contributed by atoms with E-state index in [1.54, 1.807) is 18.2 Å². The second-order valence-corrected chi connectivity index (χ2v) is 9.04. The second kappa shape index (κ2) is 9.76. The molecule has 0 aromatic heterocycles. The number of sulfonamides is 1. The quantitative estimate of drug-likeness (QED) is 0.581. The Kier molecular flexibility index (Phi) is 7.64. The topological polar surface area (TPSA) is 90.5 Å². The maximum atomic E-state index is 12.5. The zero-order chi connectivity index (χ0) is 21.6. The molecule has 8 heteroatoms. The lowest BCUT2D eigenvalue weighted by atomic mass is 10.1. The third kappa shape index (κ3) is 5.48. The highest BCUT2D eigenvalue weighted by Gasteiger charge is 2.19. The lowest BCUT2D eigenvalue weighted by Crippen LogP contribution is -2.24. The number of nitrogens with zero attached hydrogens (tertiary/aromatic N) is 1. The first-order valence-electron chi connectivity index (χ1n) is 9.63. The Morgan fingerprint density at radius 2 is 1.76 bits per heavy atom. The summed E-state index contributed by atoms with van der Waals surface area (Å²) in [6.45, 7) is 6.64. The summed E-state index contributed by atoms with van der Waals surface area (Å²) in [6, 6.07) is 10.7. The first-order valence-corrected chi connectivity index (χ1v) is 11.1. The Balaban J connectivity index is 2.21. The minimum atomic E-state index is -3.57. The van der Waals surface area contributed by atoms with Gasteiger partial charge in [0.05, 0.1) is 22.8 Å². The van der Waals surface area contributed by atoms with Crippen LogP contribution in [0.2, 0.25) is 0 Å². The van der Waals surface area contributed by atoms with E-state index in [1.165, 1.54) is 14.1 Å². The highest BCUT2D eigenvalue weighted by molar-refractivity contribution is 7.89. The van der Waals surface area contributed by atoms with E-state index in [2.05, 4.69) is 16.0 Å². The number of carbonyl (C=O) groups excluding carboxylic acids is 1. The van der Waals surface area contributed by atoms with Crippen LogP contribution in [-0.4, -0.2) is 45.8 Å². The third-order valence-electron chi connectivity index (χ3n) is 4.58. The number of rotatable bonds is 9. The van der Waals surface area contributed by atoms with Gasteiger partial charge in [0.15, 0.2) is 0 Å². The molecule has 7 nitrogen and oxygen atoms in total. The van der Waals surface area contributed by atoms with Crippen LogP contribution in [0.5, 0.6) is 0 Å². The largest absolute Gasteiger partial charge is 0.384 e. The number of nitrogens with one attached hydrogen (secondary N) is 3. The molecule has 0 atom stereocenters. The van der Waals surface area contributed by atoms with Gasteiger partial charge in [-0.3, -0.25) is 4.79 Å². The molecule has 29 heavy (non-hydrogen) atoms. The normalized spacial score (nSPS) is 11.4. The van der Waals surface area contributed by atoms with Crippen LogP contribution >= 0.6 is 0 Å². The number of para-hydroxylation sites is 1. The van der Waals surface area contributed by atoms with Crippen molar-refractivity contribution in [1.29, 1.82) is 0 Å². The fourth-order valence-corrected chi connectivity index (χ4v) is 3.88. The monoisotopic (exact) mass is 418 g/mol. The van der Waals surface area contributed by atoms with Gasteiger partial charge >= 0.3 is 0 Å². The standard InChI is InChI=1S/C21H30N4O3S/c1-6-16-10-8-9-15(3)21(16)24-20(26)14-23-19-13-17(29(27,28)25(4)5)11-12-18(19)22-7-2/h8-13,22-23H,6-7,14H2,1-5H3,(H,24,26). The molecule has 0 heterocycles. The molecule has 0 spiro atoms. The van der Waals surface area contributed by atoms with Gasteiger partial charge in [-0.15, -0.1) is 0 Å². The highest BCUT2D eigenvalue weighted by atomic mass is 32.2. The van der Waals surface area contributed by atoms with Crippen molar-refractivity contribution in [3.05, 3.63) is 47.5 Å². The van der Waals surface area contributed by atoms with Crippen LogP contribution in [0.1, 0.15) is 25.0 Å². The van der Waals surface area contributed by atoms with Crippen molar-refractivity contribution in [3.8, 4) is 0 Å². The summed E-state index contributed by atoms with van der Waals surface area (Å²) < 4.78 is 26.0. The fourth-order valence-electron chi connectivity index (χ4n) is 2.95. The number of hydrogen-bond donors (Lipinski definition) is 3. The van der Waals surface area contributed by atoms with Gasteiger partial charge < -0.3 is 16.0 Å². The van der Waals surface area contributed by atoms with Gasteiger partial charge in [-0.2, -0.15) is 0 Å². The number of carbonyl (C=O) groups is 1. The van der Waals surface area contributed by atoms with Crippen LogP contribution in [0.15, 0.2) is 41.3 Å². The zero-order valence-corrected chi connectivity index (χ0v) is 18.5. The smallest absolute Gasteiger partial charge is 0.243 e. The van der Waals surface area contributed by atoms with E-state index in [0.29, 0.717) is 12.2 Å². The van der Waals surface area contributed by atoms with Crippen LogP contribution < -0.4 is 16.0 Å². The number of aryl methyl sites for hydroxylation is 2. The molecule has 2 rings (SSSR count). The zero-order valence-electron chi connectivity index (χ0n) is 17.7. The Hall–Kier alpha value is -2.58. The van der Waals surface area contributed by atoms with Crippen molar-refractivity contribution in [1.82, 2.24) is 4.31 Å². The van der Waals surface area contributed by atoms with Gasteiger partial charge in [-0.05, 0) is 49.6 Å². The molecule has 0 fully saturated rings. The fraction of sp³-hybridized carbons (Fsp3) is 0.381. The highest BCUT2D eigenvalue weighted by Crippen LogP contribution is 2.27. The summed E-state index contributed by atoms with van der Waals surface area (Å²) in [6.07, 6.45) is 0.819. The maximum Gasteiger partial charge on any atom is 0.243 e. The van der Waals surface area contributed by atoms with Gasteiger partial charge in [0.25, 0.3) is 0 Å². The van der Waals surface area contributed by atoms with Gasteiger partial charge in [0.2, 0.25) is 15.9 Å². The summed E-state index contributed by atoms with van der Waals surface area (Å²) in [7, 11) is -0.592. The van der Waals surface area contributed by atoms with Crippen molar-refractivity contribution >= 4 is 33.0 Å². The second-order valence-electron chi connectivity index (χ2n) is 6.89. The van der Waals surface area contributed by atoms with Crippen LogP contribution in [0.25, 0.3) is 0 Å². The summed E-state index contributed by atoms with van der Waals surface area (Å²) >= 11 is 0. The molecule has 0 aliphatic heterocycles. The Labute approximate surface area is 173 Å². The van der Waals surface area contributed by atoms with Crippen LogP contribution in [0.3, 0.4) is 0 Å². The predicted molar refractivity (Wildman–Crippen MR) is 119 cm³/mol. The van der Waals surface area contributed by atoms with Crippen molar-refractivity contribution in [3.63, 3.8) is 0 Å². The average Bonchev–Trinajstić information content (AvgIpc) is 2.68. The van der Waals surface area contributed by atoms with E-state index < -0.39 is 10.0 Å². The first kappa shape index (κ1) is 22.7. The van der Waals surface area contributed by atoms with Crippen LogP contribution in [0, 0.1) is 6.92 Å². The SMILES string of the molecule is CCNc1ccc(S(=O)(=O)N(C)C)cc1NCC(=O)Nc1c(C)cccc1CC. The molecule has 0 saturated heterocycles. The summed E-state index contributed by atoms with van der Waals surface area (Å²) in [5.41, 5.74) is 4.21. The van der Waals surface area contributed by atoms with Crippen LogP contribution in [0.4, 0.5) is 17.1 Å². The molecule has 0 radical (unpaired) electrons. The number of hydrogen-bond acceptors (Lipinski definition) is 5. The number of amides is 1. The Morgan fingerprint density at radius 1 is 1.03 bits per heavy atom. The van der Waals surface area contributed by atoms with E-state index in [9.17, 15) is 13.2 Å². The maximum absolute atomic E-state index is 12.5. The molecule has 158 valence electrons. The van der Waals surface area contributed by atoms with Crippen molar-refractivity contribution in [2.24, 2.45) is 0 Å². The van der Waals surface area contributed by atoms with E-state index in [0.717, 1.165) is 33.2 Å². The summed E-state index contributed by atoms with van der Waals surface area (Å²) in [4.78, 5) is 12.7. The molecular formula is C21H30N4O3S. The van der Waals surface area contributed by atoms with Gasteiger partial charge in [-0.25, -0.2) is 12.7 Å². The van der Waals surface area contributed by atoms with E-state index in [-0.39, 0.29) is 17.3 Å². The molecular weight excluding hydrogens is 388 g/mol. The van der Waals surface area contributed by atoms with Gasteiger partial charge in [-0.1, -0.05) is 25.1 Å². The molecule has 2 aromatic rings. The number of benzene rings is 2. The average molecular weight is 419 g/mol. The lowest BCUT2D eigenvalue weighted by molar-refractivity contribution is -0.114. The molecule has 0 bridgehead atoms. The van der Waals surface area contributed by atoms with E-state index >= 15 is 0 Å². The number of anilines is 3. The van der Waals surface area contributed by atoms with Crippen molar-refractivity contribution in [2.45, 2.75) is 32.1 Å². The minimum absolute atomic E-state index is 0.0152. The Bertz CT molecular complexity index is 972. The summed E-state index contributed by atoms with van der Waals surface area (Å²) in [5.74, 6) is -0.197. The first-order chi connectivity index (χ1) is 13.7. The van der Waals surface area contributed by atoms with Gasteiger partial charge in [0, 0.05) is 26.3 Å². The lowest BCUT2D eigenvalue weighted by Gasteiger charge is -2.17. The van der Waals surface area contributed by atoms with E-state index in [1.807, 2.05) is 39.0 Å². The molecule has 0 unspecified atom stereocenters. The Morgan fingerprint density at radius 3 is 2.38 bits per heavy atom.